The van der Waals surface area contributed by atoms with Gasteiger partial charge in [-0.15, -0.1) is 0 Å². The van der Waals surface area contributed by atoms with Crippen molar-refractivity contribution in [3.8, 4) is 5.88 Å². The summed E-state index contributed by atoms with van der Waals surface area (Å²) in [5, 5.41) is 0. The summed E-state index contributed by atoms with van der Waals surface area (Å²) in [4.78, 5) is 10.9. The van der Waals surface area contributed by atoms with Gasteiger partial charge < -0.3 is 15.4 Å². The first-order chi connectivity index (χ1) is 9.24. The first-order valence-corrected chi connectivity index (χ1v) is 7.16. The Kier molecular flexibility index (Phi) is 4.96. The lowest BCUT2D eigenvalue weighted by atomic mass is 9.93. The zero-order valence-electron chi connectivity index (χ0n) is 11.9. The Morgan fingerprint density at radius 2 is 2.26 bits per heavy atom. The Bertz CT molecular complexity index is 399. The van der Waals surface area contributed by atoms with Crippen molar-refractivity contribution >= 4 is 5.82 Å². The first-order valence-electron chi connectivity index (χ1n) is 7.16. The number of piperidine rings is 1. The van der Waals surface area contributed by atoms with Crippen LogP contribution < -0.4 is 15.4 Å². The second kappa shape index (κ2) is 6.70. The molecule has 1 saturated heterocycles. The van der Waals surface area contributed by atoms with Crippen LogP contribution in [-0.2, 0) is 0 Å². The van der Waals surface area contributed by atoms with Crippen molar-refractivity contribution in [1.82, 2.24) is 9.97 Å². The van der Waals surface area contributed by atoms with Gasteiger partial charge in [-0.1, -0.05) is 6.92 Å². The highest BCUT2D eigenvalue weighted by molar-refractivity contribution is 5.42. The molecule has 106 valence electrons. The predicted octanol–water partition coefficient (Wildman–Crippen LogP) is 1.83. The second-order valence-corrected chi connectivity index (χ2v) is 5.24. The highest BCUT2D eigenvalue weighted by Crippen LogP contribution is 2.27. The summed E-state index contributed by atoms with van der Waals surface area (Å²) in [6.07, 6.45) is 4.93. The summed E-state index contributed by atoms with van der Waals surface area (Å²) in [5.41, 5.74) is 5.80. The molecular formula is C14H24N4O. The van der Waals surface area contributed by atoms with Gasteiger partial charge in [0.1, 0.15) is 12.1 Å². The molecule has 2 N–H and O–H groups in total. The molecule has 1 aliphatic rings. The molecule has 0 bridgehead atoms. The van der Waals surface area contributed by atoms with Crippen LogP contribution in [0.1, 0.15) is 33.1 Å². The summed E-state index contributed by atoms with van der Waals surface area (Å²) < 4.78 is 5.57. The molecule has 0 saturated carbocycles. The fourth-order valence-electron chi connectivity index (χ4n) is 2.47. The van der Waals surface area contributed by atoms with Crippen LogP contribution in [0.25, 0.3) is 0 Å². The Morgan fingerprint density at radius 1 is 1.42 bits per heavy atom. The lowest BCUT2D eigenvalue weighted by Crippen LogP contribution is -2.44. The number of aromatic nitrogens is 2. The molecule has 19 heavy (non-hydrogen) atoms. The molecule has 0 aliphatic carbocycles. The molecule has 2 atom stereocenters. The molecule has 0 aromatic carbocycles. The summed E-state index contributed by atoms with van der Waals surface area (Å²) in [6.45, 7) is 6.73. The Labute approximate surface area is 115 Å². The molecule has 0 spiro atoms. The van der Waals surface area contributed by atoms with E-state index in [4.69, 9.17) is 10.5 Å². The van der Waals surface area contributed by atoms with Crippen molar-refractivity contribution in [2.24, 2.45) is 11.7 Å². The van der Waals surface area contributed by atoms with E-state index >= 15 is 0 Å². The van der Waals surface area contributed by atoms with Gasteiger partial charge in [0.2, 0.25) is 5.88 Å². The van der Waals surface area contributed by atoms with E-state index in [2.05, 4.69) is 28.7 Å². The molecule has 5 heteroatoms. The molecule has 1 fully saturated rings. The van der Waals surface area contributed by atoms with E-state index in [0.29, 0.717) is 24.4 Å². The molecule has 1 aliphatic heterocycles. The van der Waals surface area contributed by atoms with Gasteiger partial charge in [-0.25, -0.2) is 9.97 Å². The fraction of sp³-hybridized carbons (Fsp3) is 0.714. The third-order valence-electron chi connectivity index (χ3n) is 3.69. The van der Waals surface area contributed by atoms with Gasteiger partial charge in [-0.05, 0) is 38.6 Å². The van der Waals surface area contributed by atoms with Gasteiger partial charge in [0.05, 0.1) is 6.61 Å². The lowest BCUT2D eigenvalue weighted by Gasteiger charge is -2.38. The first kappa shape index (κ1) is 14.1. The van der Waals surface area contributed by atoms with Crippen LogP contribution in [0, 0.1) is 5.92 Å². The van der Waals surface area contributed by atoms with Crippen molar-refractivity contribution in [3.63, 3.8) is 0 Å². The molecule has 1 aromatic rings. The van der Waals surface area contributed by atoms with Gasteiger partial charge in [0.25, 0.3) is 0 Å². The Hall–Kier alpha value is -1.36. The van der Waals surface area contributed by atoms with Crippen LogP contribution in [0.3, 0.4) is 0 Å². The van der Waals surface area contributed by atoms with Gasteiger partial charge in [-0.3, -0.25) is 0 Å². The van der Waals surface area contributed by atoms with Crippen molar-refractivity contribution in [1.29, 1.82) is 0 Å². The van der Waals surface area contributed by atoms with E-state index in [-0.39, 0.29) is 0 Å². The van der Waals surface area contributed by atoms with Crippen molar-refractivity contribution in [2.75, 3.05) is 24.6 Å². The topological polar surface area (TPSA) is 64.3 Å². The monoisotopic (exact) mass is 264 g/mol. The largest absolute Gasteiger partial charge is 0.478 e. The van der Waals surface area contributed by atoms with Crippen LogP contribution in [0.2, 0.25) is 0 Å². The number of nitrogens with two attached hydrogens (primary N) is 1. The minimum Gasteiger partial charge on any atom is -0.478 e. The second-order valence-electron chi connectivity index (χ2n) is 5.24. The number of rotatable bonds is 5. The SMILES string of the molecule is CCCOc1cc(N2CC(CN)CCC2C)ncn1. The van der Waals surface area contributed by atoms with Crippen LogP contribution in [0.4, 0.5) is 5.82 Å². The van der Waals surface area contributed by atoms with Gasteiger partial charge in [0.15, 0.2) is 0 Å². The van der Waals surface area contributed by atoms with E-state index in [1.807, 2.05) is 6.07 Å². The molecule has 2 heterocycles. The standard InChI is InChI=1S/C14H24N4O/c1-3-6-19-14-7-13(16-10-17-14)18-9-12(8-15)5-4-11(18)2/h7,10-12H,3-6,8-9,15H2,1-2H3. The highest BCUT2D eigenvalue weighted by Gasteiger charge is 2.25. The third-order valence-corrected chi connectivity index (χ3v) is 3.69. The molecule has 2 rings (SSSR count). The fourth-order valence-corrected chi connectivity index (χ4v) is 2.47. The van der Waals surface area contributed by atoms with E-state index in [1.165, 1.54) is 6.42 Å². The maximum atomic E-state index is 5.80. The summed E-state index contributed by atoms with van der Waals surface area (Å²) in [5.74, 6) is 2.17. The maximum absolute atomic E-state index is 5.80. The number of ether oxygens (including phenoxy) is 1. The average molecular weight is 264 g/mol. The van der Waals surface area contributed by atoms with Gasteiger partial charge in [-0.2, -0.15) is 0 Å². The van der Waals surface area contributed by atoms with Crippen molar-refractivity contribution in [3.05, 3.63) is 12.4 Å². The van der Waals surface area contributed by atoms with Gasteiger partial charge in [0, 0.05) is 18.7 Å². The van der Waals surface area contributed by atoms with Gasteiger partial charge >= 0.3 is 0 Å². The summed E-state index contributed by atoms with van der Waals surface area (Å²) in [7, 11) is 0. The van der Waals surface area contributed by atoms with E-state index in [0.717, 1.165) is 31.7 Å². The number of hydrogen-bond donors (Lipinski definition) is 1. The molecule has 1 aromatic heterocycles. The van der Waals surface area contributed by atoms with Crippen LogP contribution in [0.15, 0.2) is 12.4 Å². The van der Waals surface area contributed by atoms with E-state index < -0.39 is 0 Å². The predicted molar refractivity (Wildman–Crippen MR) is 76.4 cm³/mol. The quantitative estimate of drug-likeness (QED) is 0.879. The number of anilines is 1. The number of hydrogen-bond acceptors (Lipinski definition) is 5. The van der Waals surface area contributed by atoms with Crippen LogP contribution in [0.5, 0.6) is 5.88 Å². The summed E-state index contributed by atoms with van der Waals surface area (Å²) in [6, 6.07) is 2.43. The lowest BCUT2D eigenvalue weighted by molar-refractivity contribution is 0.304. The molecule has 0 radical (unpaired) electrons. The van der Waals surface area contributed by atoms with Crippen molar-refractivity contribution < 1.29 is 4.74 Å². The van der Waals surface area contributed by atoms with E-state index in [9.17, 15) is 0 Å². The smallest absolute Gasteiger partial charge is 0.218 e. The maximum Gasteiger partial charge on any atom is 0.218 e. The minimum absolute atomic E-state index is 0.497. The number of nitrogens with zero attached hydrogens (tertiary/aromatic N) is 3. The molecule has 2 unspecified atom stereocenters. The van der Waals surface area contributed by atoms with E-state index in [1.54, 1.807) is 6.33 Å². The van der Waals surface area contributed by atoms with Crippen LogP contribution >= 0.6 is 0 Å². The zero-order valence-corrected chi connectivity index (χ0v) is 11.9. The van der Waals surface area contributed by atoms with Crippen molar-refractivity contribution in [2.45, 2.75) is 39.2 Å². The third kappa shape index (κ3) is 3.56. The Balaban J connectivity index is 2.10. The molecule has 0 amide bonds. The Morgan fingerprint density at radius 3 is 3.00 bits per heavy atom. The molecule has 5 nitrogen and oxygen atoms in total. The zero-order chi connectivity index (χ0) is 13.7. The minimum atomic E-state index is 0.497. The van der Waals surface area contributed by atoms with Crippen LogP contribution in [-0.4, -0.2) is 35.7 Å². The highest BCUT2D eigenvalue weighted by atomic mass is 16.5. The normalized spacial score (nSPS) is 23.4. The molecular weight excluding hydrogens is 240 g/mol. The summed E-state index contributed by atoms with van der Waals surface area (Å²) >= 11 is 0. The average Bonchev–Trinajstić information content (AvgIpc) is 2.46.